The second-order valence-electron chi connectivity index (χ2n) is 4.10. The molecule has 0 aliphatic carbocycles. The number of unbranched alkanes of at least 4 members (excludes halogenated alkanes) is 2. The highest BCUT2D eigenvalue weighted by Crippen LogP contribution is 2.05. The summed E-state index contributed by atoms with van der Waals surface area (Å²) in [7, 11) is 0. The maximum atomic E-state index is 11.1. The summed E-state index contributed by atoms with van der Waals surface area (Å²) in [6.07, 6.45) is 5.45. The van der Waals surface area contributed by atoms with E-state index in [1.54, 1.807) is 0 Å². The molecule has 0 aliphatic rings. The Bertz CT molecular complexity index is 350. The molecule has 0 aromatic carbocycles. The number of carbonyl (C=O) groups excluding carboxylic acids is 1. The third-order valence-corrected chi connectivity index (χ3v) is 2.63. The fraction of sp³-hybridized carbons (Fsp3) is 0.692. The second-order valence-corrected chi connectivity index (χ2v) is 4.10. The van der Waals surface area contributed by atoms with Crippen molar-refractivity contribution >= 4 is 11.8 Å². The highest BCUT2D eigenvalue weighted by molar-refractivity contribution is 5.69. The Balaban J connectivity index is 2.00. The van der Waals surface area contributed by atoms with Gasteiger partial charge in [-0.25, -0.2) is 0 Å². The first-order chi connectivity index (χ1) is 8.76. The Kier molecular flexibility index (Phi) is 6.91. The zero-order chi connectivity index (χ0) is 13.2. The van der Waals surface area contributed by atoms with Gasteiger partial charge in [0.25, 0.3) is 0 Å². The fourth-order valence-corrected chi connectivity index (χ4v) is 1.65. The van der Waals surface area contributed by atoms with Crippen LogP contribution in [-0.2, 0) is 16.1 Å². The molecule has 5 nitrogen and oxygen atoms in total. The van der Waals surface area contributed by atoms with Crippen molar-refractivity contribution in [2.24, 2.45) is 0 Å². The summed E-state index contributed by atoms with van der Waals surface area (Å²) in [4.78, 5) is 11.1. The number of carbonyl (C=O) groups is 1. The maximum absolute atomic E-state index is 11.1. The number of nitrogens with one attached hydrogen (secondary N) is 1. The predicted octanol–water partition coefficient (Wildman–Crippen LogP) is 2.44. The van der Waals surface area contributed by atoms with E-state index in [1.165, 1.54) is 0 Å². The largest absolute Gasteiger partial charge is 0.466 e. The molecular weight excluding hydrogens is 230 g/mol. The molecule has 0 saturated heterocycles. The minimum Gasteiger partial charge on any atom is -0.466 e. The maximum Gasteiger partial charge on any atom is 0.305 e. The molecule has 0 saturated carbocycles. The average Bonchev–Trinajstić information content (AvgIpc) is 2.82. The van der Waals surface area contributed by atoms with Crippen LogP contribution in [0.1, 0.15) is 39.5 Å². The molecule has 1 heterocycles. The molecule has 0 radical (unpaired) electrons. The van der Waals surface area contributed by atoms with Gasteiger partial charge in [0.1, 0.15) is 5.82 Å². The van der Waals surface area contributed by atoms with Crippen molar-refractivity contribution in [3.05, 3.63) is 12.3 Å². The molecule has 1 aromatic heterocycles. The molecule has 1 aromatic rings. The Morgan fingerprint density at radius 2 is 2.22 bits per heavy atom. The normalized spacial score (nSPS) is 10.3. The molecule has 0 unspecified atom stereocenters. The fourth-order valence-electron chi connectivity index (χ4n) is 1.65. The first-order valence-corrected chi connectivity index (χ1v) is 6.69. The van der Waals surface area contributed by atoms with Crippen molar-refractivity contribution in [2.45, 2.75) is 46.1 Å². The van der Waals surface area contributed by atoms with Gasteiger partial charge in [-0.1, -0.05) is 6.42 Å². The summed E-state index contributed by atoms with van der Waals surface area (Å²) in [6, 6.07) is 1.97. The number of hydrogen-bond donors (Lipinski definition) is 1. The Morgan fingerprint density at radius 1 is 1.39 bits per heavy atom. The number of esters is 1. The van der Waals surface area contributed by atoms with Gasteiger partial charge in [0, 0.05) is 31.8 Å². The van der Waals surface area contributed by atoms with Crippen molar-refractivity contribution in [3.8, 4) is 0 Å². The number of aryl methyl sites for hydroxylation is 1. The molecule has 0 fully saturated rings. The number of rotatable bonds is 9. The lowest BCUT2D eigenvalue weighted by Crippen LogP contribution is -2.05. The van der Waals surface area contributed by atoms with E-state index in [0.29, 0.717) is 13.0 Å². The van der Waals surface area contributed by atoms with Gasteiger partial charge in [-0.3, -0.25) is 9.48 Å². The lowest BCUT2D eigenvalue weighted by atomic mass is 10.2. The van der Waals surface area contributed by atoms with Crippen LogP contribution in [-0.4, -0.2) is 28.9 Å². The van der Waals surface area contributed by atoms with E-state index >= 15 is 0 Å². The van der Waals surface area contributed by atoms with Gasteiger partial charge in [0.05, 0.1) is 6.61 Å². The summed E-state index contributed by atoms with van der Waals surface area (Å²) < 4.78 is 6.76. The number of hydrogen-bond acceptors (Lipinski definition) is 4. The zero-order valence-corrected chi connectivity index (χ0v) is 11.3. The van der Waals surface area contributed by atoms with Gasteiger partial charge in [-0.2, -0.15) is 5.10 Å². The second kappa shape index (κ2) is 8.55. The lowest BCUT2D eigenvalue weighted by Gasteiger charge is -2.03. The zero-order valence-electron chi connectivity index (χ0n) is 11.3. The van der Waals surface area contributed by atoms with Crippen LogP contribution in [0.15, 0.2) is 12.3 Å². The quantitative estimate of drug-likeness (QED) is 0.542. The van der Waals surface area contributed by atoms with E-state index in [9.17, 15) is 4.79 Å². The van der Waals surface area contributed by atoms with Crippen LogP contribution >= 0.6 is 0 Å². The van der Waals surface area contributed by atoms with Crippen LogP contribution in [0.2, 0.25) is 0 Å². The van der Waals surface area contributed by atoms with Gasteiger partial charge >= 0.3 is 5.97 Å². The minimum absolute atomic E-state index is 0.0906. The molecular formula is C13H23N3O2. The van der Waals surface area contributed by atoms with Crippen LogP contribution in [0.25, 0.3) is 0 Å². The first kappa shape index (κ1) is 14.5. The van der Waals surface area contributed by atoms with Gasteiger partial charge in [-0.05, 0) is 26.7 Å². The Morgan fingerprint density at radius 3 is 2.89 bits per heavy atom. The van der Waals surface area contributed by atoms with Gasteiger partial charge < -0.3 is 10.1 Å². The van der Waals surface area contributed by atoms with Crippen molar-refractivity contribution in [1.29, 1.82) is 0 Å². The standard InChI is InChI=1S/C13H23N3O2/c1-3-16-11-9-12(15-16)14-10-7-5-6-8-13(17)18-4-2/h9,11H,3-8,10H2,1-2H3,(H,14,15). The van der Waals surface area contributed by atoms with Crippen molar-refractivity contribution < 1.29 is 9.53 Å². The lowest BCUT2D eigenvalue weighted by molar-refractivity contribution is -0.143. The number of aromatic nitrogens is 2. The van der Waals surface area contributed by atoms with Gasteiger partial charge in [0.15, 0.2) is 0 Å². The highest BCUT2D eigenvalue weighted by atomic mass is 16.5. The van der Waals surface area contributed by atoms with Gasteiger partial charge in [0.2, 0.25) is 0 Å². The van der Waals surface area contributed by atoms with Crippen LogP contribution in [0, 0.1) is 0 Å². The minimum atomic E-state index is -0.0906. The average molecular weight is 253 g/mol. The van der Waals surface area contributed by atoms with Crippen LogP contribution in [0.5, 0.6) is 0 Å². The topological polar surface area (TPSA) is 56.1 Å². The van der Waals surface area contributed by atoms with Crippen LogP contribution < -0.4 is 5.32 Å². The molecule has 0 atom stereocenters. The molecule has 1 N–H and O–H groups in total. The van der Waals surface area contributed by atoms with Crippen LogP contribution in [0.4, 0.5) is 5.82 Å². The smallest absolute Gasteiger partial charge is 0.305 e. The predicted molar refractivity (Wildman–Crippen MR) is 71.5 cm³/mol. The molecule has 0 amide bonds. The van der Waals surface area contributed by atoms with Crippen molar-refractivity contribution in [3.63, 3.8) is 0 Å². The number of nitrogens with zero attached hydrogens (tertiary/aromatic N) is 2. The molecule has 0 spiro atoms. The van der Waals surface area contributed by atoms with E-state index < -0.39 is 0 Å². The molecule has 0 aliphatic heterocycles. The molecule has 102 valence electrons. The third kappa shape index (κ3) is 5.70. The van der Waals surface area contributed by atoms with Crippen molar-refractivity contribution in [2.75, 3.05) is 18.5 Å². The van der Waals surface area contributed by atoms with Crippen LogP contribution in [0.3, 0.4) is 0 Å². The summed E-state index contributed by atoms with van der Waals surface area (Å²) in [5, 5.41) is 7.60. The highest BCUT2D eigenvalue weighted by Gasteiger charge is 2.01. The van der Waals surface area contributed by atoms with E-state index in [-0.39, 0.29) is 5.97 Å². The van der Waals surface area contributed by atoms with E-state index in [4.69, 9.17) is 4.74 Å². The van der Waals surface area contributed by atoms with Crippen molar-refractivity contribution in [1.82, 2.24) is 9.78 Å². The summed E-state index contributed by atoms with van der Waals surface area (Å²) in [6.45, 7) is 6.15. The molecule has 18 heavy (non-hydrogen) atoms. The number of anilines is 1. The molecule has 0 bridgehead atoms. The summed E-state index contributed by atoms with van der Waals surface area (Å²) in [5.41, 5.74) is 0. The SMILES string of the molecule is CCOC(=O)CCCCCNc1ccn(CC)n1. The van der Waals surface area contributed by atoms with E-state index in [2.05, 4.69) is 17.3 Å². The number of ether oxygens (including phenoxy) is 1. The molecule has 5 heteroatoms. The van der Waals surface area contributed by atoms with Gasteiger partial charge in [-0.15, -0.1) is 0 Å². The Hall–Kier alpha value is -1.52. The summed E-state index contributed by atoms with van der Waals surface area (Å²) in [5.74, 6) is 0.828. The third-order valence-electron chi connectivity index (χ3n) is 2.63. The van der Waals surface area contributed by atoms with E-state index in [1.807, 2.05) is 23.9 Å². The summed E-state index contributed by atoms with van der Waals surface area (Å²) >= 11 is 0. The first-order valence-electron chi connectivity index (χ1n) is 6.69. The molecule has 1 rings (SSSR count). The Labute approximate surface area is 109 Å². The van der Waals surface area contributed by atoms with E-state index in [0.717, 1.165) is 38.2 Å². The monoisotopic (exact) mass is 253 g/mol.